The van der Waals surface area contributed by atoms with E-state index in [-0.39, 0.29) is 0 Å². The van der Waals surface area contributed by atoms with Crippen molar-refractivity contribution in [3.63, 3.8) is 0 Å². The molecule has 26 heavy (non-hydrogen) atoms. The van der Waals surface area contributed by atoms with Gasteiger partial charge in [0.2, 0.25) is 11.8 Å². The van der Waals surface area contributed by atoms with Gasteiger partial charge in [0.05, 0.1) is 12.1 Å². The van der Waals surface area contributed by atoms with Crippen LogP contribution >= 0.6 is 0 Å². The number of aromatic nitrogens is 1. The Labute approximate surface area is 154 Å². The molecule has 0 fully saturated rings. The number of unbranched alkanes of at least 4 members (excludes halogenated alkanes) is 2. The van der Waals surface area contributed by atoms with Gasteiger partial charge < -0.3 is 15.2 Å². The minimum Gasteiger partial charge on any atom is -0.475 e. The van der Waals surface area contributed by atoms with Gasteiger partial charge in [0, 0.05) is 24.1 Å². The predicted octanol–water partition coefficient (Wildman–Crippen LogP) is 3.79. The molecule has 0 radical (unpaired) electrons. The van der Waals surface area contributed by atoms with Gasteiger partial charge in [-0.25, -0.2) is 4.98 Å². The zero-order chi connectivity index (χ0) is 18.6. The Kier molecular flexibility index (Phi) is 8.36. The number of rotatable bonds is 11. The fourth-order valence-corrected chi connectivity index (χ4v) is 2.44. The van der Waals surface area contributed by atoms with Crippen molar-refractivity contribution in [2.45, 2.75) is 26.2 Å². The van der Waals surface area contributed by atoms with Gasteiger partial charge in [-0.15, -0.1) is 0 Å². The van der Waals surface area contributed by atoms with Crippen LogP contribution in [0.25, 0.3) is 10.9 Å². The third-order valence-electron chi connectivity index (χ3n) is 3.71. The molecule has 138 valence electrons. The number of para-hydroxylation sites is 1. The van der Waals surface area contributed by atoms with Crippen LogP contribution in [0.3, 0.4) is 0 Å². The number of primary amides is 1. The number of allylic oxidation sites excluding steroid dienone is 3. The van der Waals surface area contributed by atoms with Crippen LogP contribution in [0.1, 0.15) is 26.2 Å². The summed E-state index contributed by atoms with van der Waals surface area (Å²) in [5.74, 6) is 0.207. The van der Waals surface area contributed by atoms with Gasteiger partial charge in [0.1, 0.15) is 6.61 Å². The van der Waals surface area contributed by atoms with Crippen molar-refractivity contribution in [2.24, 2.45) is 5.73 Å². The van der Waals surface area contributed by atoms with Crippen molar-refractivity contribution >= 4 is 16.8 Å². The summed E-state index contributed by atoms with van der Waals surface area (Å²) < 4.78 is 11.2. The standard InChI is InChI=1S/C21H26N2O3/c1-17(16-20(22)24)8-4-2-3-7-13-25-14-15-26-21-12-11-18-9-5-6-10-19(18)23-21/h4-6,8-12,16H,2-3,7,13-15H2,1H3,(H2,22,24)/b8-4+,17-16+. The molecule has 1 aromatic carbocycles. The van der Waals surface area contributed by atoms with Gasteiger partial charge in [-0.2, -0.15) is 0 Å². The number of nitrogens with zero attached hydrogens (tertiary/aromatic N) is 1. The van der Waals surface area contributed by atoms with Crippen LogP contribution < -0.4 is 10.5 Å². The number of pyridine rings is 1. The Morgan fingerprint density at radius 3 is 2.81 bits per heavy atom. The monoisotopic (exact) mass is 354 g/mol. The first-order chi connectivity index (χ1) is 12.6. The van der Waals surface area contributed by atoms with Crippen LogP contribution in [-0.4, -0.2) is 30.7 Å². The number of ether oxygens (including phenoxy) is 2. The summed E-state index contributed by atoms with van der Waals surface area (Å²) in [6, 6.07) is 11.8. The highest BCUT2D eigenvalue weighted by Gasteiger charge is 1.98. The molecule has 2 aromatic rings. The fourth-order valence-electron chi connectivity index (χ4n) is 2.44. The Morgan fingerprint density at radius 2 is 1.96 bits per heavy atom. The highest BCUT2D eigenvalue weighted by molar-refractivity contribution is 5.86. The summed E-state index contributed by atoms with van der Waals surface area (Å²) in [6.07, 6.45) is 8.35. The Bertz CT molecular complexity index is 769. The number of amides is 1. The molecular formula is C21H26N2O3. The average molecular weight is 354 g/mol. The molecule has 0 unspecified atom stereocenters. The first kappa shape index (κ1) is 19.7. The van der Waals surface area contributed by atoms with Crippen LogP contribution in [0.2, 0.25) is 0 Å². The Morgan fingerprint density at radius 1 is 1.12 bits per heavy atom. The van der Waals surface area contributed by atoms with E-state index in [9.17, 15) is 4.79 Å². The average Bonchev–Trinajstić information content (AvgIpc) is 2.62. The highest BCUT2D eigenvalue weighted by Crippen LogP contribution is 2.15. The highest BCUT2D eigenvalue weighted by atomic mass is 16.5. The van der Waals surface area contributed by atoms with E-state index in [1.54, 1.807) is 0 Å². The van der Waals surface area contributed by atoms with E-state index in [2.05, 4.69) is 4.98 Å². The zero-order valence-electron chi connectivity index (χ0n) is 15.2. The lowest BCUT2D eigenvalue weighted by atomic mass is 10.2. The second kappa shape index (κ2) is 11.1. The minimum absolute atomic E-state index is 0.415. The molecule has 5 heteroatoms. The molecule has 0 atom stereocenters. The molecule has 1 aromatic heterocycles. The van der Waals surface area contributed by atoms with Crippen LogP contribution in [-0.2, 0) is 9.53 Å². The lowest BCUT2D eigenvalue weighted by Gasteiger charge is -2.07. The van der Waals surface area contributed by atoms with Gasteiger partial charge in [0.25, 0.3) is 0 Å². The molecular weight excluding hydrogens is 328 g/mol. The summed E-state index contributed by atoms with van der Waals surface area (Å²) in [6.45, 7) is 3.60. The van der Waals surface area contributed by atoms with E-state index in [1.807, 2.05) is 55.5 Å². The maximum Gasteiger partial charge on any atom is 0.241 e. The Balaban J connectivity index is 1.52. The summed E-state index contributed by atoms with van der Waals surface area (Å²) >= 11 is 0. The lowest BCUT2D eigenvalue weighted by Crippen LogP contribution is -2.08. The number of hydrogen-bond donors (Lipinski definition) is 1. The Hall–Kier alpha value is -2.66. The van der Waals surface area contributed by atoms with Gasteiger partial charge in [-0.05, 0) is 43.9 Å². The van der Waals surface area contributed by atoms with E-state index in [0.29, 0.717) is 25.7 Å². The lowest BCUT2D eigenvalue weighted by molar-refractivity contribution is -0.113. The van der Waals surface area contributed by atoms with E-state index in [0.717, 1.165) is 35.7 Å². The van der Waals surface area contributed by atoms with Crippen LogP contribution in [0.4, 0.5) is 0 Å². The number of hydrogen-bond acceptors (Lipinski definition) is 4. The van der Waals surface area contributed by atoms with E-state index >= 15 is 0 Å². The van der Waals surface area contributed by atoms with Crippen molar-refractivity contribution in [3.8, 4) is 5.88 Å². The van der Waals surface area contributed by atoms with Crippen LogP contribution in [0, 0.1) is 0 Å². The van der Waals surface area contributed by atoms with E-state index < -0.39 is 5.91 Å². The summed E-state index contributed by atoms with van der Waals surface area (Å²) in [5, 5.41) is 1.10. The molecule has 0 saturated heterocycles. The fraction of sp³-hybridized carbons (Fsp3) is 0.333. The minimum atomic E-state index is -0.415. The van der Waals surface area contributed by atoms with E-state index in [1.165, 1.54) is 6.08 Å². The second-order valence-electron chi connectivity index (χ2n) is 5.99. The summed E-state index contributed by atoms with van der Waals surface area (Å²) in [4.78, 5) is 15.2. The SMILES string of the molecule is CC(/C=C/CCCCOCCOc1ccc2ccccc2n1)=C\C(N)=O. The van der Waals surface area contributed by atoms with E-state index in [4.69, 9.17) is 15.2 Å². The van der Waals surface area contributed by atoms with Gasteiger partial charge in [0.15, 0.2) is 0 Å². The number of nitrogens with two attached hydrogens (primary N) is 1. The quantitative estimate of drug-likeness (QED) is 0.378. The molecule has 0 aliphatic carbocycles. The zero-order valence-corrected chi connectivity index (χ0v) is 15.2. The van der Waals surface area contributed by atoms with Crippen molar-refractivity contribution < 1.29 is 14.3 Å². The number of benzene rings is 1. The molecule has 1 heterocycles. The van der Waals surface area contributed by atoms with Crippen LogP contribution in [0.5, 0.6) is 5.88 Å². The third-order valence-corrected chi connectivity index (χ3v) is 3.71. The van der Waals surface area contributed by atoms with Crippen molar-refractivity contribution in [2.75, 3.05) is 19.8 Å². The number of carbonyl (C=O) groups excluding carboxylic acids is 1. The maximum atomic E-state index is 10.7. The van der Waals surface area contributed by atoms with Crippen LogP contribution in [0.15, 0.2) is 60.2 Å². The number of carbonyl (C=O) groups is 1. The number of fused-ring (bicyclic) bond motifs is 1. The van der Waals surface area contributed by atoms with Crippen molar-refractivity contribution in [3.05, 3.63) is 60.2 Å². The maximum absolute atomic E-state index is 10.7. The molecule has 0 spiro atoms. The predicted molar refractivity (Wildman–Crippen MR) is 104 cm³/mol. The molecule has 5 nitrogen and oxygen atoms in total. The van der Waals surface area contributed by atoms with Crippen molar-refractivity contribution in [1.82, 2.24) is 4.98 Å². The molecule has 0 bridgehead atoms. The first-order valence-electron chi connectivity index (χ1n) is 8.86. The molecule has 2 N–H and O–H groups in total. The largest absolute Gasteiger partial charge is 0.475 e. The van der Waals surface area contributed by atoms with Gasteiger partial charge >= 0.3 is 0 Å². The first-order valence-corrected chi connectivity index (χ1v) is 8.86. The normalized spacial score (nSPS) is 12.0. The topological polar surface area (TPSA) is 74.4 Å². The molecule has 0 saturated carbocycles. The summed E-state index contributed by atoms with van der Waals surface area (Å²) in [5.41, 5.74) is 6.88. The van der Waals surface area contributed by atoms with Gasteiger partial charge in [-0.1, -0.05) is 30.4 Å². The van der Waals surface area contributed by atoms with Crippen molar-refractivity contribution in [1.29, 1.82) is 0 Å². The smallest absolute Gasteiger partial charge is 0.241 e. The molecule has 0 aliphatic rings. The third kappa shape index (κ3) is 7.49. The second-order valence-corrected chi connectivity index (χ2v) is 5.99. The van der Waals surface area contributed by atoms with Gasteiger partial charge in [-0.3, -0.25) is 4.79 Å². The molecule has 1 amide bonds. The molecule has 0 aliphatic heterocycles. The summed E-state index contributed by atoms with van der Waals surface area (Å²) in [7, 11) is 0. The molecule has 2 rings (SSSR count).